The van der Waals surface area contributed by atoms with Gasteiger partial charge in [-0.15, -0.1) is 0 Å². The quantitative estimate of drug-likeness (QED) is 0.849. The number of methoxy groups -OCH3 is 1. The number of carbonyl (C=O) groups excluding carboxylic acids is 1. The van der Waals surface area contributed by atoms with Crippen LogP contribution in [0.1, 0.15) is 30.9 Å². The van der Waals surface area contributed by atoms with Gasteiger partial charge in [-0.05, 0) is 47.4 Å². The summed E-state index contributed by atoms with van der Waals surface area (Å²) in [6.07, 6.45) is 0.429. The standard InChI is InChI=1S/C18H19NO2/c1-12(2)13-4-6-15(7-5-13)19-17-9-8-16(21-3)10-14(17)11-18(19)20/h4-10,12H,11H2,1-3H3. The van der Waals surface area contributed by atoms with Crippen molar-refractivity contribution in [1.29, 1.82) is 0 Å². The second kappa shape index (κ2) is 5.24. The van der Waals surface area contributed by atoms with E-state index in [0.717, 1.165) is 22.7 Å². The number of carbonyl (C=O) groups is 1. The van der Waals surface area contributed by atoms with Gasteiger partial charge in [0.25, 0.3) is 0 Å². The van der Waals surface area contributed by atoms with Crippen molar-refractivity contribution < 1.29 is 9.53 Å². The van der Waals surface area contributed by atoms with E-state index in [1.54, 1.807) is 12.0 Å². The van der Waals surface area contributed by atoms with E-state index in [4.69, 9.17) is 4.74 Å². The monoisotopic (exact) mass is 281 g/mol. The van der Waals surface area contributed by atoms with Crippen LogP contribution in [0.5, 0.6) is 5.75 Å². The average molecular weight is 281 g/mol. The lowest BCUT2D eigenvalue weighted by molar-refractivity contribution is -0.116. The normalized spacial score (nSPS) is 13.7. The van der Waals surface area contributed by atoms with Crippen LogP contribution in [0, 0.1) is 0 Å². The van der Waals surface area contributed by atoms with Crippen molar-refractivity contribution in [3.63, 3.8) is 0 Å². The van der Waals surface area contributed by atoms with Crippen LogP contribution >= 0.6 is 0 Å². The molecule has 1 aliphatic heterocycles. The number of benzene rings is 2. The summed E-state index contributed by atoms with van der Waals surface area (Å²) in [4.78, 5) is 14.1. The molecule has 0 fully saturated rings. The van der Waals surface area contributed by atoms with Crippen molar-refractivity contribution in [2.45, 2.75) is 26.2 Å². The predicted octanol–water partition coefficient (Wildman–Crippen LogP) is 4.04. The highest BCUT2D eigenvalue weighted by Crippen LogP contribution is 2.37. The van der Waals surface area contributed by atoms with Crippen molar-refractivity contribution in [2.75, 3.05) is 12.0 Å². The number of hydrogen-bond donors (Lipinski definition) is 0. The van der Waals surface area contributed by atoms with E-state index in [-0.39, 0.29) is 5.91 Å². The molecule has 0 saturated heterocycles. The lowest BCUT2D eigenvalue weighted by Crippen LogP contribution is -2.20. The fraction of sp³-hybridized carbons (Fsp3) is 0.278. The van der Waals surface area contributed by atoms with Gasteiger partial charge in [0.05, 0.1) is 19.2 Å². The zero-order valence-corrected chi connectivity index (χ0v) is 12.6. The van der Waals surface area contributed by atoms with Crippen LogP contribution in [0.3, 0.4) is 0 Å². The Balaban J connectivity index is 1.98. The van der Waals surface area contributed by atoms with E-state index in [9.17, 15) is 4.79 Å². The molecule has 1 aliphatic rings. The molecule has 0 saturated carbocycles. The maximum Gasteiger partial charge on any atom is 0.236 e. The molecule has 0 unspecified atom stereocenters. The predicted molar refractivity (Wildman–Crippen MR) is 84.4 cm³/mol. The van der Waals surface area contributed by atoms with Gasteiger partial charge >= 0.3 is 0 Å². The van der Waals surface area contributed by atoms with Gasteiger partial charge in [-0.3, -0.25) is 9.69 Å². The third-order valence-corrected chi connectivity index (χ3v) is 3.94. The molecular formula is C18H19NO2. The highest BCUT2D eigenvalue weighted by atomic mass is 16.5. The summed E-state index contributed by atoms with van der Waals surface area (Å²) in [6, 6.07) is 14.0. The molecule has 0 atom stereocenters. The van der Waals surface area contributed by atoms with Crippen molar-refractivity contribution in [3.05, 3.63) is 53.6 Å². The minimum Gasteiger partial charge on any atom is -0.497 e. The smallest absolute Gasteiger partial charge is 0.236 e. The Morgan fingerprint density at radius 3 is 2.43 bits per heavy atom. The molecule has 3 nitrogen and oxygen atoms in total. The van der Waals surface area contributed by atoms with Crippen LogP contribution in [0.25, 0.3) is 0 Å². The van der Waals surface area contributed by atoms with Crippen LogP contribution in [0.2, 0.25) is 0 Å². The zero-order valence-electron chi connectivity index (χ0n) is 12.6. The first-order valence-corrected chi connectivity index (χ1v) is 7.20. The van der Waals surface area contributed by atoms with Crippen LogP contribution in [0.15, 0.2) is 42.5 Å². The van der Waals surface area contributed by atoms with Crippen molar-refractivity contribution >= 4 is 17.3 Å². The van der Waals surface area contributed by atoms with Gasteiger partial charge in [0.2, 0.25) is 5.91 Å². The van der Waals surface area contributed by atoms with Gasteiger partial charge < -0.3 is 4.74 Å². The maximum atomic E-state index is 12.3. The SMILES string of the molecule is COc1ccc2c(c1)CC(=O)N2c1ccc(C(C)C)cc1. The largest absolute Gasteiger partial charge is 0.497 e. The number of ether oxygens (including phenoxy) is 1. The first-order valence-electron chi connectivity index (χ1n) is 7.20. The van der Waals surface area contributed by atoms with Gasteiger partial charge in [0, 0.05) is 5.69 Å². The van der Waals surface area contributed by atoms with Crippen molar-refractivity contribution in [3.8, 4) is 5.75 Å². The van der Waals surface area contributed by atoms with Gasteiger partial charge in [-0.2, -0.15) is 0 Å². The van der Waals surface area contributed by atoms with E-state index >= 15 is 0 Å². The lowest BCUT2D eigenvalue weighted by Gasteiger charge is -2.18. The molecule has 21 heavy (non-hydrogen) atoms. The van der Waals surface area contributed by atoms with Crippen molar-refractivity contribution in [2.24, 2.45) is 0 Å². The van der Waals surface area contributed by atoms with E-state index in [1.807, 2.05) is 30.3 Å². The summed E-state index contributed by atoms with van der Waals surface area (Å²) >= 11 is 0. The molecule has 0 spiro atoms. The Labute approximate surface area is 125 Å². The van der Waals surface area contributed by atoms with Gasteiger partial charge in [0.1, 0.15) is 5.75 Å². The summed E-state index contributed by atoms with van der Waals surface area (Å²) < 4.78 is 5.23. The van der Waals surface area contributed by atoms with E-state index in [0.29, 0.717) is 12.3 Å². The first kappa shape index (κ1) is 13.7. The molecule has 0 radical (unpaired) electrons. The molecular weight excluding hydrogens is 262 g/mol. The molecule has 0 bridgehead atoms. The molecule has 2 aromatic rings. The Bertz CT molecular complexity index is 674. The maximum absolute atomic E-state index is 12.3. The van der Waals surface area contributed by atoms with Gasteiger partial charge in [0.15, 0.2) is 0 Å². The number of anilines is 2. The van der Waals surface area contributed by atoms with Crippen LogP contribution in [-0.2, 0) is 11.2 Å². The van der Waals surface area contributed by atoms with Crippen LogP contribution in [0.4, 0.5) is 11.4 Å². The number of hydrogen-bond acceptors (Lipinski definition) is 2. The molecule has 108 valence electrons. The Kier molecular flexibility index (Phi) is 3.42. The molecule has 3 heteroatoms. The molecule has 1 heterocycles. The first-order chi connectivity index (χ1) is 10.1. The summed E-state index contributed by atoms with van der Waals surface area (Å²) in [5.41, 5.74) is 4.18. The number of amides is 1. The van der Waals surface area contributed by atoms with Crippen LogP contribution < -0.4 is 9.64 Å². The highest BCUT2D eigenvalue weighted by molar-refractivity contribution is 6.07. The topological polar surface area (TPSA) is 29.5 Å². The molecule has 2 aromatic carbocycles. The fourth-order valence-electron chi connectivity index (χ4n) is 2.72. The summed E-state index contributed by atoms with van der Waals surface area (Å²) in [5, 5.41) is 0. The Morgan fingerprint density at radius 2 is 1.81 bits per heavy atom. The summed E-state index contributed by atoms with van der Waals surface area (Å²) in [7, 11) is 1.64. The number of rotatable bonds is 3. The van der Waals surface area contributed by atoms with E-state index in [1.165, 1.54) is 5.56 Å². The third-order valence-electron chi connectivity index (χ3n) is 3.94. The van der Waals surface area contributed by atoms with Crippen molar-refractivity contribution in [1.82, 2.24) is 0 Å². The van der Waals surface area contributed by atoms with Gasteiger partial charge in [-0.25, -0.2) is 0 Å². The average Bonchev–Trinajstić information content (AvgIpc) is 2.82. The summed E-state index contributed by atoms with van der Waals surface area (Å²) in [5.74, 6) is 1.39. The number of nitrogens with zero attached hydrogens (tertiary/aromatic N) is 1. The van der Waals surface area contributed by atoms with Gasteiger partial charge in [-0.1, -0.05) is 26.0 Å². The second-order valence-corrected chi connectivity index (χ2v) is 5.65. The van der Waals surface area contributed by atoms with E-state index in [2.05, 4.69) is 26.0 Å². The number of fused-ring (bicyclic) bond motifs is 1. The minimum absolute atomic E-state index is 0.107. The second-order valence-electron chi connectivity index (χ2n) is 5.65. The van der Waals surface area contributed by atoms with E-state index < -0.39 is 0 Å². The summed E-state index contributed by atoms with van der Waals surface area (Å²) in [6.45, 7) is 4.33. The Hall–Kier alpha value is -2.29. The molecule has 0 aromatic heterocycles. The third kappa shape index (κ3) is 2.40. The molecule has 1 amide bonds. The molecule has 0 N–H and O–H groups in total. The highest BCUT2D eigenvalue weighted by Gasteiger charge is 2.28. The zero-order chi connectivity index (χ0) is 15.0. The fourth-order valence-corrected chi connectivity index (χ4v) is 2.72. The Morgan fingerprint density at radius 1 is 1.10 bits per heavy atom. The molecule has 0 aliphatic carbocycles. The molecule has 3 rings (SSSR count). The minimum atomic E-state index is 0.107. The lowest BCUT2D eigenvalue weighted by atomic mass is 10.0. The van der Waals surface area contributed by atoms with Crippen LogP contribution in [-0.4, -0.2) is 13.0 Å².